The number of nitrogens with zero attached hydrogens (tertiary/aromatic N) is 1. The lowest BCUT2D eigenvalue weighted by Gasteiger charge is -2.23. The summed E-state index contributed by atoms with van der Waals surface area (Å²) in [6, 6.07) is 0.834. The van der Waals surface area contributed by atoms with Crippen LogP contribution in [0.1, 0.15) is 25.7 Å². The molecule has 2 atom stereocenters. The second kappa shape index (κ2) is 4.21. The molecule has 78 valence electrons. The number of hydrogen-bond acceptors (Lipinski definition) is 5. The summed E-state index contributed by atoms with van der Waals surface area (Å²) in [5, 5.41) is 14.3. The van der Waals surface area contributed by atoms with Crippen molar-refractivity contribution in [1.82, 2.24) is 5.32 Å². The number of carbonyl (C=O) groups excluding carboxylic acids is 1. The van der Waals surface area contributed by atoms with Gasteiger partial charge in [0.05, 0.1) is 18.1 Å². The van der Waals surface area contributed by atoms with Crippen molar-refractivity contribution in [3.8, 4) is 0 Å². The van der Waals surface area contributed by atoms with Crippen molar-refractivity contribution in [3.05, 3.63) is 0 Å². The molecule has 0 saturated heterocycles. The monoisotopic (exact) mass is 213 g/mol. The van der Waals surface area contributed by atoms with Crippen LogP contribution in [0.25, 0.3) is 0 Å². The van der Waals surface area contributed by atoms with E-state index in [0.717, 1.165) is 18.0 Å². The van der Waals surface area contributed by atoms with Gasteiger partial charge < -0.3 is 15.2 Å². The number of rotatable bonds is 2. The Hall–Kier alpha value is -0.710. The van der Waals surface area contributed by atoms with Gasteiger partial charge in [0.1, 0.15) is 0 Å². The maximum Gasteiger partial charge on any atom is 0.157 e. The molecule has 0 radical (unpaired) electrons. The molecule has 0 bridgehead atoms. The molecule has 1 aliphatic heterocycles. The lowest BCUT2D eigenvalue weighted by Crippen LogP contribution is -2.36. The molecule has 0 aromatic rings. The Balaban J connectivity index is 1.86. The standard InChI is InChI=1S/C9H14N2O2S/c12-8(13)5-14-9-10-6-3-1-2-4-7(6)11-9/h6-7H,1-5H2,(H,10,11)(H,12,13)/p-1/t6-,7+. The highest BCUT2D eigenvalue weighted by Gasteiger charge is 2.30. The van der Waals surface area contributed by atoms with Gasteiger partial charge in [-0.1, -0.05) is 24.6 Å². The molecular formula is C9H13N2O2S-. The van der Waals surface area contributed by atoms with E-state index >= 15 is 0 Å². The third-order valence-electron chi connectivity index (χ3n) is 2.65. The Morgan fingerprint density at radius 1 is 1.57 bits per heavy atom. The summed E-state index contributed by atoms with van der Waals surface area (Å²) >= 11 is 1.23. The molecule has 1 fully saturated rings. The van der Waals surface area contributed by atoms with Crippen molar-refractivity contribution in [2.45, 2.75) is 37.8 Å². The van der Waals surface area contributed by atoms with E-state index in [1.807, 2.05) is 0 Å². The number of hydrogen-bond donors (Lipinski definition) is 1. The zero-order valence-corrected chi connectivity index (χ0v) is 8.68. The predicted molar refractivity (Wildman–Crippen MR) is 54.1 cm³/mol. The second-order valence-corrected chi connectivity index (χ2v) is 4.66. The molecule has 14 heavy (non-hydrogen) atoms. The normalized spacial score (nSPS) is 30.4. The fourth-order valence-electron chi connectivity index (χ4n) is 1.99. The molecule has 1 N–H and O–H groups in total. The number of aliphatic carboxylic acids is 1. The minimum atomic E-state index is -1.03. The topological polar surface area (TPSA) is 64.5 Å². The number of carboxylic acid groups (broad SMARTS) is 1. The zero-order valence-electron chi connectivity index (χ0n) is 7.86. The number of carboxylic acids is 1. The lowest BCUT2D eigenvalue weighted by atomic mass is 9.92. The first kappa shape index (κ1) is 9.83. The van der Waals surface area contributed by atoms with E-state index in [2.05, 4.69) is 10.3 Å². The molecule has 0 amide bonds. The number of fused-ring (bicyclic) bond motifs is 1. The van der Waals surface area contributed by atoms with E-state index in [1.165, 1.54) is 24.6 Å². The number of carbonyl (C=O) groups is 1. The molecule has 0 aromatic heterocycles. The summed E-state index contributed by atoms with van der Waals surface area (Å²) in [5.74, 6) is -1.04. The molecule has 0 aromatic carbocycles. The molecule has 1 saturated carbocycles. The van der Waals surface area contributed by atoms with Gasteiger partial charge in [-0.2, -0.15) is 0 Å². The third kappa shape index (κ3) is 2.20. The van der Waals surface area contributed by atoms with Crippen LogP contribution in [-0.2, 0) is 4.79 Å². The van der Waals surface area contributed by atoms with E-state index < -0.39 is 5.97 Å². The van der Waals surface area contributed by atoms with Gasteiger partial charge in [0, 0.05) is 5.75 Å². The van der Waals surface area contributed by atoms with E-state index in [9.17, 15) is 9.90 Å². The molecular weight excluding hydrogens is 200 g/mol. The number of nitrogens with one attached hydrogen (secondary N) is 1. The van der Waals surface area contributed by atoms with Gasteiger partial charge >= 0.3 is 0 Å². The van der Waals surface area contributed by atoms with Crippen LogP contribution in [0.3, 0.4) is 0 Å². The van der Waals surface area contributed by atoms with Crippen molar-refractivity contribution < 1.29 is 9.90 Å². The molecule has 2 rings (SSSR count). The Morgan fingerprint density at radius 2 is 2.36 bits per heavy atom. The summed E-state index contributed by atoms with van der Waals surface area (Å²) in [6.45, 7) is 0. The highest BCUT2D eigenvalue weighted by Crippen LogP contribution is 2.26. The van der Waals surface area contributed by atoms with Gasteiger partial charge in [-0.15, -0.1) is 0 Å². The SMILES string of the molecule is O=C([O-])CSC1=N[C@@H]2CCCC[C@@H]2N1. The molecule has 5 heteroatoms. The third-order valence-corrected chi connectivity index (χ3v) is 3.52. The van der Waals surface area contributed by atoms with Crippen LogP contribution >= 0.6 is 11.8 Å². The number of aliphatic imine (C=N–C) groups is 1. The second-order valence-electron chi connectivity index (χ2n) is 3.70. The van der Waals surface area contributed by atoms with Gasteiger partial charge in [0.25, 0.3) is 0 Å². The van der Waals surface area contributed by atoms with Crippen molar-refractivity contribution in [2.75, 3.05) is 5.75 Å². The average Bonchev–Trinajstić information content (AvgIpc) is 2.57. The fraction of sp³-hybridized carbons (Fsp3) is 0.778. The van der Waals surface area contributed by atoms with Crippen LogP contribution in [0.2, 0.25) is 0 Å². The Kier molecular flexibility index (Phi) is 2.96. The van der Waals surface area contributed by atoms with Crippen molar-refractivity contribution >= 4 is 22.9 Å². The van der Waals surface area contributed by atoms with Crippen LogP contribution in [0.4, 0.5) is 0 Å². The molecule has 0 unspecified atom stereocenters. The Labute approximate surface area is 87.2 Å². The van der Waals surface area contributed by atoms with E-state index in [0.29, 0.717) is 12.1 Å². The zero-order chi connectivity index (χ0) is 9.97. The maximum absolute atomic E-state index is 10.3. The first-order chi connectivity index (χ1) is 6.75. The van der Waals surface area contributed by atoms with Crippen molar-refractivity contribution in [3.63, 3.8) is 0 Å². The van der Waals surface area contributed by atoms with Crippen LogP contribution < -0.4 is 10.4 Å². The maximum atomic E-state index is 10.3. The van der Waals surface area contributed by atoms with Crippen molar-refractivity contribution in [2.24, 2.45) is 4.99 Å². The van der Waals surface area contributed by atoms with Crippen LogP contribution in [-0.4, -0.2) is 29.0 Å². The van der Waals surface area contributed by atoms with E-state index in [-0.39, 0.29) is 5.75 Å². The van der Waals surface area contributed by atoms with Crippen LogP contribution in [0.15, 0.2) is 4.99 Å². The Bertz CT molecular complexity index is 268. The van der Waals surface area contributed by atoms with Gasteiger partial charge in [0.15, 0.2) is 5.17 Å². The van der Waals surface area contributed by atoms with Gasteiger partial charge in [-0.25, -0.2) is 0 Å². The fourth-order valence-corrected chi connectivity index (χ4v) is 2.69. The minimum Gasteiger partial charge on any atom is -0.549 e. The average molecular weight is 213 g/mol. The lowest BCUT2D eigenvalue weighted by molar-refractivity contribution is -0.301. The van der Waals surface area contributed by atoms with Gasteiger partial charge in [-0.05, 0) is 12.8 Å². The number of amidine groups is 1. The van der Waals surface area contributed by atoms with E-state index in [1.54, 1.807) is 0 Å². The summed E-state index contributed by atoms with van der Waals surface area (Å²) in [6.07, 6.45) is 4.78. The Morgan fingerprint density at radius 3 is 3.07 bits per heavy atom. The molecule has 2 aliphatic rings. The van der Waals surface area contributed by atoms with Crippen LogP contribution in [0.5, 0.6) is 0 Å². The summed E-state index contributed by atoms with van der Waals surface area (Å²) < 4.78 is 0. The highest BCUT2D eigenvalue weighted by atomic mass is 32.2. The van der Waals surface area contributed by atoms with Gasteiger partial charge in [-0.3, -0.25) is 4.99 Å². The van der Waals surface area contributed by atoms with E-state index in [4.69, 9.17) is 0 Å². The summed E-state index contributed by atoms with van der Waals surface area (Å²) in [4.78, 5) is 14.7. The predicted octanol–water partition coefficient (Wildman–Crippen LogP) is -0.260. The molecule has 1 aliphatic carbocycles. The quantitative estimate of drug-likeness (QED) is 0.686. The molecule has 1 heterocycles. The molecule has 4 nitrogen and oxygen atoms in total. The molecule has 0 spiro atoms. The van der Waals surface area contributed by atoms with Gasteiger partial charge in [0.2, 0.25) is 0 Å². The van der Waals surface area contributed by atoms with Crippen LogP contribution in [0, 0.1) is 0 Å². The minimum absolute atomic E-state index is 0.00866. The number of thioether (sulfide) groups is 1. The first-order valence-electron chi connectivity index (χ1n) is 4.92. The smallest absolute Gasteiger partial charge is 0.157 e. The summed E-state index contributed by atoms with van der Waals surface area (Å²) in [5.41, 5.74) is 0. The highest BCUT2D eigenvalue weighted by molar-refractivity contribution is 8.14. The largest absolute Gasteiger partial charge is 0.549 e. The van der Waals surface area contributed by atoms with Crippen molar-refractivity contribution in [1.29, 1.82) is 0 Å². The summed E-state index contributed by atoms with van der Waals surface area (Å²) in [7, 11) is 0. The first-order valence-corrected chi connectivity index (χ1v) is 5.91.